The minimum Gasteiger partial charge on any atom is -0.322 e. The van der Waals surface area contributed by atoms with Gasteiger partial charge >= 0.3 is 7.60 Å². The van der Waals surface area contributed by atoms with Crippen molar-refractivity contribution in [2.24, 2.45) is 0 Å². The zero-order valence-corrected chi connectivity index (χ0v) is 4.93. The highest BCUT2D eigenvalue weighted by Crippen LogP contribution is 2.44. The van der Waals surface area contributed by atoms with Crippen molar-refractivity contribution in [3.63, 3.8) is 0 Å². The fourth-order valence-electron chi connectivity index (χ4n) is 0.147. The molecular weight excluding hydrogens is 160 g/mol. The van der Waals surface area contributed by atoms with Gasteiger partial charge in [0.05, 0.1) is 0 Å². The van der Waals surface area contributed by atoms with Crippen molar-refractivity contribution >= 4 is 7.60 Å². The van der Waals surface area contributed by atoms with Gasteiger partial charge in [-0.25, -0.2) is 13.2 Å². The van der Waals surface area contributed by atoms with E-state index in [2.05, 4.69) is 0 Å². The fourth-order valence-corrected chi connectivity index (χ4v) is 0.440. The van der Waals surface area contributed by atoms with E-state index in [4.69, 9.17) is 9.79 Å². The molecule has 0 aromatic rings. The molecule has 0 aliphatic heterocycles. The van der Waals surface area contributed by atoms with Crippen LogP contribution in [0.2, 0.25) is 0 Å². The van der Waals surface area contributed by atoms with E-state index in [1.807, 2.05) is 0 Å². The summed E-state index contributed by atoms with van der Waals surface area (Å²) in [5.74, 6) is -3.35. The summed E-state index contributed by atoms with van der Waals surface area (Å²) in [5, 5.41) is 0. The number of hydrogen-bond acceptors (Lipinski definition) is 1. The quantitative estimate of drug-likeness (QED) is 0.591. The Bertz CT molecular complexity index is 131. The molecule has 0 aliphatic rings. The molecule has 3 nitrogen and oxygen atoms in total. The number of halogens is 3. The molecule has 0 fully saturated rings. The Morgan fingerprint density at radius 2 is 1.56 bits per heavy atom. The van der Waals surface area contributed by atoms with Gasteiger partial charge in [-0.3, -0.25) is 4.57 Å². The lowest BCUT2D eigenvalue weighted by Crippen LogP contribution is -2.11. The normalized spacial score (nSPS) is 16.2. The average Bonchev–Trinajstić information content (AvgIpc) is 1.62. The second kappa shape index (κ2) is 2.68. The molecule has 7 heteroatoms. The lowest BCUT2D eigenvalue weighted by atomic mass is 10.8. The van der Waals surface area contributed by atoms with E-state index in [0.717, 1.165) is 0 Å². The van der Waals surface area contributed by atoms with Gasteiger partial charge in [-0.15, -0.1) is 0 Å². The third kappa shape index (κ3) is 2.84. The molecule has 0 bridgehead atoms. The van der Waals surface area contributed by atoms with Gasteiger partial charge in [0.2, 0.25) is 0 Å². The first-order chi connectivity index (χ1) is 3.85. The van der Waals surface area contributed by atoms with Gasteiger partial charge in [0.15, 0.2) is 0 Å². The van der Waals surface area contributed by atoms with Crippen molar-refractivity contribution in [1.82, 2.24) is 0 Å². The van der Waals surface area contributed by atoms with Gasteiger partial charge in [-0.05, 0) is 0 Å². The van der Waals surface area contributed by atoms with Crippen LogP contribution < -0.4 is 0 Å². The van der Waals surface area contributed by atoms with Crippen molar-refractivity contribution in [2.75, 3.05) is 0 Å². The van der Waals surface area contributed by atoms with Gasteiger partial charge in [0, 0.05) is 0 Å². The van der Waals surface area contributed by atoms with E-state index in [-0.39, 0.29) is 0 Å². The summed E-state index contributed by atoms with van der Waals surface area (Å²) >= 11 is 0. The van der Waals surface area contributed by atoms with Crippen LogP contribution in [-0.4, -0.2) is 22.1 Å². The second-order valence-corrected chi connectivity index (χ2v) is 2.97. The zero-order chi connectivity index (χ0) is 7.65. The van der Waals surface area contributed by atoms with E-state index < -0.39 is 19.9 Å². The van der Waals surface area contributed by atoms with Crippen LogP contribution in [0, 0.1) is 0 Å². The standard InChI is InChI=1S/C2H4F3O3P/c3-1(4)2(5)9(6,7)8/h1-2H,(H2,6,7,8). The molecule has 2 N–H and O–H groups in total. The Balaban J connectivity index is 4.05. The van der Waals surface area contributed by atoms with E-state index >= 15 is 0 Å². The third-order valence-corrected chi connectivity index (χ3v) is 1.40. The van der Waals surface area contributed by atoms with Crippen molar-refractivity contribution in [3.05, 3.63) is 0 Å². The van der Waals surface area contributed by atoms with Gasteiger partial charge in [0.25, 0.3) is 12.3 Å². The monoisotopic (exact) mass is 164 g/mol. The molecule has 0 aromatic carbocycles. The summed E-state index contributed by atoms with van der Waals surface area (Å²) < 4.78 is 43.2. The molecule has 0 heterocycles. The number of alkyl halides is 3. The molecule has 1 atom stereocenters. The summed E-state index contributed by atoms with van der Waals surface area (Å²) in [7, 11) is -5.23. The maximum Gasteiger partial charge on any atom is 0.365 e. The molecule has 1 unspecified atom stereocenters. The fraction of sp³-hybridized carbons (Fsp3) is 1.00. The van der Waals surface area contributed by atoms with Crippen LogP contribution in [0.3, 0.4) is 0 Å². The highest BCUT2D eigenvalue weighted by molar-refractivity contribution is 7.52. The first-order valence-corrected chi connectivity index (χ1v) is 3.51. The van der Waals surface area contributed by atoms with E-state index in [1.165, 1.54) is 0 Å². The van der Waals surface area contributed by atoms with Gasteiger partial charge in [-0.1, -0.05) is 0 Å². The number of rotatable bonds is 2. The number of hydrogen-bond donors (Lipinski definition) is 2. The highest BCUT2D eigenvalue weighted by Gasteiger charge is 2.36. The second-order valence-electron chi connectivity index (χ2n) is 1.30. The van der Waals surface area contributed by atoms with Crippen molar-refractivity contribution in [1.29, 1.82) is 0 Å². The molecule has 0 aromatic heterocycles. The van der Waals surface area contributed by atoms with Crippen molar-refractivity contribution in [3.8, 4) is 0 Å². The van der Waals surface area contributed by atoms with Gasteiger partial charge in [0.1, 0.15) is 0 Å². The van der Waals surface area contributed by atoms with Crippen molar-refractivity contribution in [2.45, 2.75) is 12.3 Å². The maximum absolute atomic E-state index is 11.5. The van der Waals surface area contributed by atoms with Crippen LogP contribution in [-0.2, 0) is 4.57 Å². The largest absolute Gasteiger partial charge is 0.365 e. The van der Waals surface area contributed by atoms with Crippen LogP contribution in [0.4, 0.5) is 13.2 Å². The SMILES string of the molecule is O=P(O)(O)C(F)C(F)F. The smallest absolute Gasteiger partial charge is 0.322 e. The topological polar surface area (TPSA) is 57.5 Å². The Morgan fingerprint density at radius 3 is 1.56 bits per heavy atom. The summed E-state index contributed by atoms with van der Waals surface area (Å²) in [6, 6.07) is 0. The molecule has 0 amide bonds. The molecule has 0 aliphatic carbocycles. The Kier molecular flexibility index (Phi) is 2.66. The lowest BCUT2D eigenvalue weighted by Gasteiger charge is -2.06. The van der Waals surface area contributed by atoms with E-state index in [9.17, 15) is 17.7 Å². The predicted octanol–water partition coefficient (Wildman–Crippen LogP) is 0.725. The van der Waals surface area contributed by atoms with Crippen LogP contribution in [0.15, 0.2) is 0 Å². The van der Waals surface area contributed by atoms with E-state index in [0.29, 0.717) is 0 Å². The van der Waals surface area contributed by atoms with Crippen LogP contribution in [0.1, 0.15) is 0 Å². The molecule has 9 heavy (non-hydrogen) atoms. The van der Waals surface area contributed by atoms with E-state index in [1.54, 1.807) is 0 Å². The highest BCUT2D eigenvalue weighted by atomic mass is 31.2. The first-order valence-electron chi connectivity index (χ1n) is 1.83. The van der Waals surface area contributed by atoms with Crippen molar-refractivity contribution < 1.29 is 27.5 Å². The third-order valence-electron chi connectivity index (χ3n) is 0.529. The molecule has 0 radical (unpaired) electrons. The maximum atomic E-state index is 11.5. The van der Waals surface area contributed by atoms with Crippen LogP contribution in [0.25, 0.3) is 0 Å². The van der Waals surface area contributed by atoms with Gasteiger partial charge in [-0.2, -0.15) is 0 Å². The molecule has 0 spiro atoms. The summed E-state index contributed by atoms with van der Waals surface area (Å²) in [5.41, 5.74) is 0. The zero-order valence-electron chi connectivity index (χ0n) is 4.04. The minimum absolute atomic E-state index is 3.35. The Morgan fingerprint density at radius 1 is 1.22 bits per heavy atom. The molecule has 0 saturated carbocycles. The summed E-state index contributed by atoms with van der Waals surface area (Å²) in [6.07, 6.45) is -3.62. The Labute approximate surface area is 48.7 Å². The summed E-state index contributed by atoms with van der Waals surface area (Å²) in [4.78, 5) is 15.4. The molecular formula is C2H4F3O3P. The first kappa shape index (κ1) is 8.94. The van der Waals surface area contributed by atoms with Gasteiger partial charge < -0.3 is 9.79 Å². The molecule has 0 rings (SSSR count). The minimum atomic E-state index is -5.23. The summed E-state index contributed by atoms with van der Waals surface area (Å²) in [6.45, 7) is 0. The predicted molar refractivity (Wildman–Crippen MR) is 22.9 cm³/mol. The lowest BCUT2D eigenvalue weighted by molar-refractivity contribution is 0.0764. The molecule has 0 saturated heterocycles. The van der Waals surface area contributed by atoms with Crippen LogP contribution >= 0.6 is 7.60 Å². The Hall–Kier alpha value is -0.0600. The average molecular weight is 164 g/mol. The molecule has 56 valence electrons. The van der Waals surface area contributed by atoms with Crippen LogP contribution in [0.5, 0.6) is 0 Å².